The lowest BCUT2D eigenvalue weighted by molar-refractivity contribution is 0.0917. The largest absolute Gasteiger partial charge is 0.504 e. The van der Waals surface area contributed by atoms with Gasteiger partial charge in [-0.1, -0.05) is 30.3 Å². The van der Waals surface area contributed by atoms with Crippen molar-refractivity contribution >= 4 is 16.8 Å². The number of carbonyl (C=O) groups is 1. The van der Waals surface area contributed by atoms with Crippen molar-refractivity contribution in [3.8, 4) is 34.0 Å². The van der Waals surface area contributed by atoms with Crippen LogP contribution in [-0.2, 0) is 19.4 Å². The molecule has 7 nitrogen and oxygen atoms in total. The summed E-state index contributed by atoms with van der Waals surface area (Å²) in [4.78, 5) is 17.0. The number of phenolic OH excluding ortho intramolecular Hbond substituents is 1. The number of aromatic amines is 1. The van der Waals surface area contributed by atoms with Crippen LogP contribution in [0.15, 0.2) is 72.9 Å². The van der Waals surface area contributed by atoms with Gasteiger partial charge in [-0.05, 0) is 60.4 Å². The standard InChI is InChI=1S/C31H28FN3O4/c1-39-29-13-18-9-10-35-27(24(18)15-28(29)37)14-25(30(35)19-5-4-6-21(32)11-19)31(38)34-22(17-36)12-20-16-33-26-8-3-2-7-23(20)26/h2-8,11,13-16,22,33,36-37H,9-10,12,17H2,1H3,(H,34,38). The van der Waals surface area contributed by atoms with Crippen LogP contribution in [0.2, 0.25) is 0 Å². The molecule has 3 aromatic carbocycles. The summed E-state index contributed by atoms with van der Waals surface area (Å²) in [5, 5.41) is 24.7. The number of aliphatic hydroxyl groups is 1. The first-order chi connectivity index (χ1) is 19.0. The van der Waals surface area contributed by atoms with Gasteiger partial charge in [-0.3, -0.25) is 4.79 Å². The van der Waals surface area contributed by atoms with E-state index in [4.69, 9.17) is 4.74 Å². The molecule has 1 unspecified atom stereocenters. The van der Waals surface area contributed by atoms with Gasteiger partial charge in [0.2, 0.25) is 0 Å². The number of methoxy groups -OCH3 is 1. The molecule has 3 heterocycles. The van der Waals surface area contributed by atoms with E-state index >= 15 is 0 Å². The van der Waals surface area contributed by atoms with Gasteiger partial charge in [-0.25, -0.2) is 4.39 Å². The SMILES string of the molecule is COc1cc2c(cc1O)-c1cc(C(=O)NC(CO)Cc3c[nH]c4ccccc34)c(-c3cccc(F)c3)n1CC2. The van der Waals surface area contributed by atoms with E-state index in [1.54, 1.807) is 24.3 Å². The van der Waals surface area contributed by atoms with Crippen LogP contribution < -0.4 is 10.1 Å². The zero-order valence-corrected chi connectivity index (χ0v) is 21.4. The number of rotatable bonds is 7. The number of aromatic hydroxyl groups is 1. The van der Waals surface area contributed by atoms with Gasteiger partial charge in [-0.15, -0.1) is 0 Å². The number of nitrogens with zero attached hydrogens (tertiary/aromatic N) is 1. The predicted octanol–water partition coefficient (Wildman–Crippen LogP) is 5.05. The topological polar surface area (TPSA) is 99.5 Å². The molecule has 2 aromatic heterocycles. The molecular weight excluding hydrogens is 497 g/mol. The summed E-state index contributed by atoms with van der Waals surface area (Å²) in [6, 6.07) is 18.8. The van der Waals surface area contributed by atoms with Crippen molar-refractivity contribution in [2.45, 2.75) is 25.4 Å². The molecule has 0 saturated heterocycles. The molecule has 1 aliphatic heterocycles. The van der Waals surface area contributed by atoms with Crippen LogP contribution in [-0.4, -0.2) is 45.4 Å². The Balaban J connectivity index is 1.40. The van der Waals surface area contributed by atoms with E-state index in [1.807, 2.05) is 41.1 Å². The maximum absolute atomic E-state index is 14.3. The lowest BCUT2D eigenvalue weighted by atomic mass is 9.97. The van der Waals surface area contributed by atoms with Crippen molar-refractivity contribution in [1.29, 1.82) is 0 Å². The molecule has 0 saturated carbocycles. The highest BCUT2D eigenvalue weighted by molar-refractivity contribution is 6.02. The van der Waals surface area contributed by atoms with Gasteiger partial charge in [0, 0.05) is 40.5 Å². The van der Waals surface area contributed by atoms with Gasteiger partial charge in [0.15, 0.2) is 11.5 Å². The molecule has 39 heavy (non-hydrogen) atoms. The third-order valence-electron chi connectivity index (χ3n) is 7.42. The van der Waals surface area contributed by atoms with E-state index < -0.39 is 11.9 Å². The molecule has 0 bridgehead atoms. The summed E-state index contributed by atoms with van der Waals surface area (Å²) in [5.74, 6) is -0.377. The van der Waals surface area contributed by atoms with Gasteiger partial charge in [-0.2, -0.15) is 0 Å². The minimum Gasteiger partial charge on any atom is -0.504 e. The second-order valence-corrected chi connectivity index (χ2v) is 9.80. The van der Waals surface area contributed by atoms with Crippen LogP contribution >= 0.6 is 0 Å². The zero-order valence-electron chi connectivity index (χ0n) is 21.4. The molecule has 0 fully saturated rings. The van der Waals surface area contributed by atoms with Crippen LogP contribution in [0, 0.1) is 5.82 Å². The number of carbonyl (C=O) groups excluding carboxylic acids is 1. The predicted molar refractivity (Wildman–Crippen MR) is 148 cm³/mol. The number of hydrogen-bond acceptors (Lipinski definition) is 4. The maximum Gasteiger partial charge on any atom is 0.253 e. The van der Waals surface area contributed by atoms with E-state index in [1.165, 1.54) is 19.2 Å². The Labute approximate surface area is 224 Å². The quantitative estimate of drug-likeness (QED) is 0.239. The summed E-state index contributed by atoms with van der Waals surface area (Å²) < 4.78 is 21.6. The molecule has 0 spiro atoms. The minimum absolute atomic E-state index is 0.00304. The van der Waals surface area contributed by atoms with Crippen LogP contribution in [0.25, 0.3) is 33.4 Å². The summed E-state index contributed by atoms with van der Waals surface area (Å²) in [6.07, 6.45) is 2.98. The summed E-state index contributed by atoms with van der Waals surface area (Å²) in [7, 11) is 1.51. The number of phenols is 1. The fourth-order valence-corrected chi connectivity index (χ4v) is 5.57. The van der Waals surface area contributed by atoms with E-state index in [-0.39, 0.29) is 18.3 Å². The first kappa shape index (κ1) is 24.8. The molecule has 4 N–H and O–H groups in total. The second kappa shape index (κ2) is 9.96. The Morgan fingerprint density at radius 1 is 1.15 bits per heavy atom. The molecular formula is C31H28FN3O4. The Bertz CT molecular complexity index is 1700. The highest BCUT2D eigenvalue weighted by Gasteiger charge is 2.28. The highest BCUT2D eigenvalue weighted by atomic mass is 19.1. The Morgan fingerprint density at radius 3 is 2.79 bits per heavy atom. The summed E-state index contributed by atoms with van der Waals surface area (Å²) >= 11 is 0. The molecule has 8 heteroatoms. The molecule has 1 atom stereocenters. The van der Waals surface area contributed by atoms with Crippen LogP contribution in [0.4, 0.5) is 4.39 Å². The number of aryl methyl sites for hydroxylation is 1. The average molecular weight is 526 g/mol. The van der Waals surface area contributed by atoms with E-state index in [0.29, 0.717) is 42.0 Å². The van der Waals surface area contributed by atoms with Gasteiger partial charge in [0.1, 0.15) is 5.82 Å². The summed E-state index contributed by atoms with van der Waals surface area (Å²) in [6.45, 7) is 0.318. The maximum atomic E-state index is 14.3. The zero-order chi connectivity index (χ0) is 27.1. The van der Waals surface area contributed by atoms with Gasteiger partial charge < -0.3 is 29.8 Å². The molecule has 1 aliphatic rings. The first-order valence-corrected chi connectivity index (χ1v) is 12.8. The van der Waals surface area contributed by atoms with Crippen molar-refractivity contribution in [3.05, 3.63) is 95.4 Å². The van der Waals surface area contributed by atoms with Crippen molar-refractivity contribution < 1.29 is 24.1 Å². The molecule has 5 aromatic rings. The van der Waals surface area contributed by atoms with Crippen molar-refractivity contribution in [2.24, 2.45) is 0 Å². The smallest absolute Gasteiger partial charge is 0.253 e. The number of fused-ring (bicyclic) bond motifs is 4. The molecule has 1 amide bonds. The number of hydrogen-bond donors (Lipinski definition) is 4. The van der Waals surface area contributed by atoms with Crippen LogP contribution in [0.3, 0.4) is 0 Å². The highest BCUT2D eigenvalue weighted by Crippen LogP contribution is 2.42. The Hall–Kier alpha value is -4.56. The lowest BCUT2D eigenvalue weighted by Gasteiger charge is -2.23. The normalized spacial score (nSPS) is 13.1. The molecule has 6 rings (SSSR count). The van der Waals surface area contributed by atoms with E-state index in [2.05, 4.69) is 10.3 Å². The Morgan fingerprint density at radius 2 is 2.00 bits per heavy atom. The molecule has 0 radical (unpaired) electrons. The summed E-state index contributed by atoms with van der Waals surface area (Å²) in [5.41, 5.74) is 6.03. The number of halogens is 1. The van der Waals surface area contributed by atoms with Crippen molar-refractivity contribution in [2.75, 3.05) is 13.7 Å². The number of aliphatic hydroxyl groups excluding tert-OH is 1. The Kier molecular flexibility index (Phi) is 6.32. The number of amides is 1. The first-order valence-electron chi connectivity index (χ1n) is 12.8. The average Bonchev–Trinajstić information content (AvgIpc) is 3.54. The fraction of sp³-hybridized carbons (Fsp3) is 0.194. The number of benzene rings is 3. The van der Waals surface area contributed by atoms with Crippen LogP contribution in [0.5, 0.6) is 11.5 Å². The number of H-pyrrole nitrogens is 1. The van der Waals surface area contributed by atoms with Gasteiger partial charge in [0.05, 0.1) is 31.0 Å². The second-order valence-electron chi connectivity index (χ2n) is 9.80. The number of nitrogens with one attached hydrogen (secondary N) is 2. The molecule has 198 valence electrons. The third kappa shape index (κ3) is 4.42. The third-order valence-corrected chi connectivity index (χ3v) is 7.42. The van der Waals surface area contributed by atoms with Crippen LogP contribution in [0.1, 0.15) is 21.5 Å². The van der Waals surface area contributed by atoms with Gasteiger partial charge in [0.25, 0.3) is 5.91 Å². The number of ether oxygens (including phenoxy) is 1. The van der Waals surface area contributed by atoms with Crippen molar-refractivity contribution in [1.82, 2.24) is 14.9 Å². The monoisotopic (exact) mass is 525 g/mol. The van der Waals surface area contributed by atoms with Crippen molar-refractivity contribution in [3.63, 3.8) is 0 Å². The van der Waals surface area contributed by atoms with E-state index in [0.717, 1.165) is 33.3 Å². The molecule has 0 aliphatic carbocycles. The van der Waals surface area contributed by atoms with E-state index in [9.17, 15) is 19.4 Å². The number of para-hydroxylation sites is 1. The number of aromatic nitrogens is 2. The van der Waals surface area contributed by atoms with Gasteiger partial charge >= 0.3 is 0 Å². The lowest BCUT2D eigenvalue weighted by Crippen LogP contribution is -2.39. The minimum atomic E-state index is -0.533. The fourth-order valence-electron chi connectivity index (χ4n) is 5.57.